The van der Waals surface area contributed by atoms with Crippen LogP contribution in [0.4, 0.5) is 13.2 Å². The Bertz CT molecular complexity index is 539. The molecule has 0 aromatic heterocycles. The number of ether oxygens (including phenoxy) is 1. The highest BCUT2D eigenvalue weighted by Crippen LogP contribution is 2.40. The van der Waals surface area contributed by atoms with Gasteiger partial charge in [0.25, 0.3) is 0 Å². The molecule has 0 amide bonds. The summed E-state index contributed by atoms with van der Waals surface area (Å²) in [7, 11) is 0. The van der Waals surface area contributed by atoms with Gasteiger partial charge in [-0.25, -0.2) is 0 Å². The molecule has 1 aromatic carbocycles. The van der Waals surface area contributed by atoms with Crippen LogP contribution in [-0.2, 0) is 0 Å². The maximum atomic E-state index is 12.8. The van der Waals surface area contributed by atoms with Crippen molar-refractivity contribution in [1.82, 2.24) is 10.2 Å². The fraction of sp³-hybridized carbons (Fsp3) is 0.647. The number of alkyl halides is 3. The van der Waals surface area contributed by atoms with Crippen molar-refractivity contribution >= 4 is 28.3 Å². The highest BCUT2D eigenvalue weighted by molar-refractivity contribution is 9.10. The molecule has 0 aliphatic carbocycles. The van der Waals surface area contributed by atoms with Crippen LogP contribution >= 0.6 is 28.3 Å². The van der Waals surface area contributed by atoms with E-state index in [-0.39, 0.29) is 30.1 Å². The Morgan fingerprint density at radius 3 is 2.48 bits per heavy atom. The lowest BCUT2D eigenvalue weighted by Crippen LogP contribution is -2.46. The van der Waals surface area contributed by atoms with E-state index in [1.165, 1.54) is 6.07 Å². The number of rotatable bonds is 6. The molecular weight excluding hydrogens is 421 g/mol. The zero-order valence-corrected chi connectivity index (χ0v) is 16.8. The van der Waals surface area contributed by atoms with E-state index in [9.17, 15) is 13.2 Å². The highest BCUT2D eigenvalue weighted by atomic mass is 79.9. The number of nitrogens with zero attached hydrogens (tertiary/aromatic N) is 1. The Kier molecular flexibility index (Phi) is 9.01. The van der Waals surface area contributed by atoms with E-state index in [4.69, 9.17) is 0 Å². The van der Waals surface area contributed by atoms with Gasteiger partial charge in [0.2, 0.25) is 0 Å². The average molecular weight is 446 g/mol. The Balaban J connectivity index is 0.00000312. The summed E-state index contributed by atoms with van der Waals surface area (Å²) < 4.78 is 43.5. The summed E-state index contributed by atoms with van der Waals surface area (Å²) in [5.74, 6) is 0.134. The minimum atomic E-state index is -4.69. The van der Waals surface area contributed by atoms with Crippen LogP contribution in [0, 0.1) is 5.92 Å². The zero-order chi connectivity index (χ0) is 17.7. The van der Waals surface area contributed by atoms with Crippen LogP contribution in [0.3, 0.4) is 0 Å². The van der Waals surface area contributed by atoms with Gasteiger partial charge < -0.3 is 10.1 Å². The van der Waals surface area contributed by atoms with Gasteiger partial charge >= 0.3 is 6.36 Å². The minimum Gasteiger partial charge on any atom is -0.405 e. The fourth-order valence-electron chi connectivity index (χ4n) is 3.40. The second-order valence-electron chi connectivity index (χ2n) is 6.23. The van der Waals surface area contributed by atoms with Crippen molar-refractivity contribution in [3.05, 3.63) is 28.2 Å². The van der Waals surface area contributed by atoms with Crippen molar-refractivity contribution < 1.29 is 17.9 Å². The second kappa shape index (κ2) is 10.00. The largest absolute Gasteiger partial charge is 0.573 e. The summed E-state index contributed by atoms with van der Waals surface area (Å²) in [4.78, 5) is 2.27. The van der Waals surface area contributed by atoms with Crippen LogP contribution in [0.25, 0.3) is 0 Å². The van der Waals surface area contributed by atoms with Gasteiger partial charge in [-0.15, -0.1) is 25.6 Å². The van der Waals surface area contributed by atoms with Gasteiger partial charge in [-0.05, 0) is 30.5 Å². The number of benzene rings is 1. The van der Waals surface area contributed by atoms with Crippen LogP contribution in [0.1, 0.15) is 38.3 Å². The molecule has 0 saturated carbocycles. The van der Waals surface area contributed by atoms with Crippen molar-refractivity contribution in [2.75, 3.05) is 26.2 Å². The molecule has 2 atom stereocenters. The van der Waals surface area contributed by atoms with E-state index in [0.717, 1.165) is 43.5 Å². The van der Waals surface area contributed by atoms with Crippen molar-refractivity contribution in [3.8, 4) is 5.75 Å². The predicted molar refractivity (Wildman–Crippen MR) is 99.3 cm³/mol. The van der Waals surface area contributed by atoms with Crippen molar-refractivity contribution in [1.29, 1.82) is 0 Å². The van der Waals surface area contributed by atoms with Gasteiger partial charge in [0, 0.05) is 42.3 Å². The standard InChI is InChI=1S/C17H24BrF3N2O.ClH/c1-3-4-12(2)16(23-9-7-22-8-10-23)14-11-13(18)5-6-15(14)24-17(19,20)21;/h5-6,11-12,16,22H,3-4,7-10H2,1-2H3;1H/t12?,16-;/m1./s1. The third-order valence-electron chi connectivity index (χ3n) is 4.34. The quantitative estimate of drug-likeness (QED) is 0.655. The molecule has 0 radical (unpaired) electrons. The van der Waals surface area contributed by atoms with E-state index < -0.39 is 6.36 Å². The van der Waals surface area contributed by atoms with Crippen LogP contribution in [0.15, 0.2) is 22.7 Å². The fourth-order valence-corrected chi connectivity index (χ4v) is 3.78. The molecule has 1 N–H and O–H groups in total. The molecule has 1 saturated heterocycles. The lowest BCUT2D eigenvalue weighted by atomic mass is 9.88. The van der Waals surface area contributed by atoms with Gasteiger partial charge in [-0.3, -0.25) is 4.90 Å². The summed E-state index contributed by atoms with van der Waals surface area (Å²) >= 11 is 3.39. The first-order valence-corrected chi connectivity index (χ1v) is 9.11. The highest BCUT2D eigenvalue weighted by Gasteiger charge is 2.35. The van der Waals surface area contributed by atoms with Crippen LogP contribution in [0.5, 0.6) is 5.75 Å². The number of nitrogens with one attached hydrogen (secondary N) is 1. The summed E-state index contributed by atoms with van der Waals surface area (Å²) in [5, 5.41) is 3.29. The van der Waals surface area contributed by atoms with Gasteiger partial charge in [-0.2, -0.15) is 0 Å². The Labute approximate surface area is 161 Å². The monoisotopic (exact) mass is 444 g/mol. The third-order valence-corrected chi connectivity index (χ3v) is 4.84. The molecule has 3 nitrogen and oxygen atoms in total. The Hall–Kier alpha value is -0.500. The number of hydrogen-bond acceptors (Lipinski definition) is 3. The van der Waals surface area contributed by atoms with E-state index >= 15 is 0 Å². The summed E-state index contributed by atoms with van der Waals surface area (Å²) in [6.07, 6.45) is -2.75. The van der Waals surface area contributed by atoms with Crippen LogP contribution < -0.4 is 10.1 Å². The molecule has 8 heteroatoms. The zero-order valence-electron chi connectivity index (χ0n) is 14.4. The van der Waals surface area contributed by atoms with Crippen molar-refractivity contribution in [2.24, 2.45) is 5.92 Å². The van der Waals surface area contributed by atoms with E-state index in [0.29, 0.717) is 5.56 Å². The van der Waals surface area contributed by atoms with E-state index in [1.807, 2.05) is 0 Å². The third kappa shape index (κ3) is 6.62. The van der Waals surface area contributed by atoms with Gasteiger partial charge in [0.15, 0.2) is 0 Å². The lowest BCUT2D eigenvalue weighted by Gasteiger charge is -2.39. The molecule has 144 valence electrons. The van der Waals surface area contributed by atoms with Gasteiger partial charge in [0.1, 0.15) is 5.75 Å². The van der Waals surface area contributed by atoms with Crippen molar-refractivity contribution in [3.63, 3.8) is 0 Å². The first-order chi connectivity index (χ1) is 11.3. The summed E-state index contributed by atoms with van der Waals surface area (Å²) in [5.41, 5.74) is 0.601. The minimum absolute atomic E-state index is 0. The topological polar surface area (TPSA) is 24.5 Å². The second-order valence-corrected chi connectivity index (χ2v) is 7.14. The van der Waals surface area contributed by atoms with Crippen molar-refractivity contribution in [2.45, 2.75) is 39.1 Å². The molecule has 1 aromatic rings. The number of piperazine rings is 1. The Morgan fingerprint density at radius 2 is 1.92 bits per heavy atom. The first-order valence-electron chi connectivity index (χ1n) is 8.31. The molecule has 1 unspecified atom stereocenters. The number of halogens is 5. The van der Waals surface area contributed by atoms with Gasteiger partial charge in [-0.1, -0.05) is 36.2 Å². The van der Waals surface area contributed by atoms with E-state index in [1.54, 1.807) is 12.1 Å². The van der Waals surface area contributed by atoms with Crippen LogP contribution in [0.2, 0.25) is 0 Å². The lowest BCUT2D eigenvalue weighted by molar-refractivity contribution is -0.275. The smallest absolute Gasteiger partial charge is 0.405 e. The maximum Gasteiger partial charge on any atom is 0.573 e. The molecular formula is C17H25BrClF3N2O. The molecule has 25 heavy (non-hydrogen) atoms. The maximum absolute atomic E-state index is 12.8. The molecule has 0 bridgehead atoms. The SMILES string of the molecule is CCCC(C)[C@H](c1cc(Br)ccc1OC(F)(F)F)N1CCNCC1.Cl. The molecule has 0 spiro atoms. The summed E-state index contributed by atoms with van der Waals surface area (Å²) in [6, 6.07) is 4.66. The van der Waals surface area contributed by atoms with Gasteiger partial charge in [0.05, 0.1) is 0 Å². The predicted octanol–water partition coefficient (Wildman–Crippen LogP) is 5.15. The molecule has 1 aliphatic rings. The molecule has 1 aliphatic heterocycles. The Morgan fingerprint density at radius 1 is 1.28 bits per heavy atom. The molecule has 2 rings (SSSR count). The van der Waals surface area contributed by atoms with E-state index in [2.05, 4.69) is 44.7 Å². The number of hydrogen-bond donors (Lipinski definition) is 1. The molecule has 1 fully saturated rings. The first kappa shape index (κ1) is 22.5. The average Bonchev–Trinajstić information content (AvgIpc) is 2.50. The van der Waals surface area contributed by atoms with Crippen LogP contribution in [-0.4, -0.2) is 37.4 Å². The summed E-state index contributed by atoms with van der Waals surface area (Å²) in [6.45, 7) is 7.53. The normalized spacial score (nSPS) is 18.3. The molecule has 1 heterocycles.